The Balaban J connectivity index is 1.93. The van der Waals surface area contributed by atoms with Gasteiger partial charge in [-0.15, -0.1) is 0 Å². The van der Waals surface area contributed by atoms with E-state index in [1.165, 1.54) is 28.6 Å². The van der Waals surface area contributed by atoms with E-state index in [0.717, 1.165) is 5.56 Å². The summed E-state index contributed by atoms with van der Waals surface area (Å²) in [5, 5.41) is 17.3. The maximum absolute atomic E-state index is 13.7. The van der Waals surface area contributed by atoms with Gasteiger partial charge in [-0.25, -0.2) is 8.42 Å². The highest BCUT2D eigenvalue weighted by Gasteiger charge is 2.33. The van der Waals surface area contributed by atoms with Crippen molar-refractivity contribution < 1.29 is 27.9 Å². The molecule has 0 fully saturated rings. The van der Waals surface area contributed by atoms with Gasteiger partial charge in [-0.2, -0.15) is 4.31 Å². The summed E-state index contributed by atoms with van der Waals surface area (Å²) in [5.74, 6) is 0.0487. The number of fused-ring (bicyclic) bond motifs is 13. The second-order valence-electron chi connectivity index (χ2n) is 11.7. The summed E-state index contributed by atoms with van der Waals surface area (Å²) in [6.45, 7) is 8.11. The van der Waals surface area contributed by atoms with E-state index in [-0.39, 0.29) is 48.6 Å². The van der Waals surface area contributed by atoms with Crippen LogP contribution in [-0.2, 0) is 26.0 Å². The molecule has 10 nitrogen and oxygen atoms in total. The minimum Gasteiger partial charge on any atom is -0.494 e. The van der Waals surface area contributed by atoms with Crippen molar-refractivity contribution in [2.45, 2.75) is 82.9 Å². The molecule has 3 atom stereocenters. The van der Waals surface area contributed by atoms with E-state index in [1.54, 1.807) is 0 Å². The summed E-state index contributed by atoms with van der Waals surface area (Å²) in [7, 11) is -3.97. The third kappa shape index (κ3) is 9.71. The Morgan fingerprint density at radius 2 is 1.67 bits per heavy atom. The fraction of sp³-hybridized carbons (Fsp3) is 0.548. The van der Waals surface area contributed by atoms with Crippen LogP contribution in [0.5, 0.6) is 5.75 Å². The molecule has 0 unspecified atom stereocenters. The number of hydrogen-bond acceptors (Lipinski definition) is 7. The first-order chi connectivity index (χ1) is 19.9. The number of nitrogens with two attached hydrogens (primary N) is 1. The average Bonchev–Trinajstić information content (AvgIpc) is 2.93. The highest BCUT2D eigenvalue weighted by Crippen LogP contribution is 2.21. The van der Waals surface area contributed by atoms with E-state index in [0.29, 0.717) is 37.3 Å². The zero-order chi connectivity index (χ0) is 30.9. The van der Waals surface area contributed by atoms with E-state index in [9.17, 15) is 23.1 Å². The van der Waals surface area contributed by atoms with Gasteiger partial charge in [0.05, 0.1) is 23.6 Å². The third-order valence-electron chi connectivity index (χ3n) is 7.37. The van der Waals surface area contributed by atoms with Crippen molar-refractivity contribution in [3.63, 3.8) is 0 Å². The highest BCUT2D eigenvalue weighted by atomic mass is 32.2. The van der Waals surface area contributed by atoms with E-state index in [4.69, 9.17) is 10.5 Å². The van der Waals surface area contributed by atoms with Gasteiger partial charge in [0.2, 0.25) is 21.8 Å². The number of nitrogens with zero attached hydrogens (tertiary/aromatic N) is 1. The van der Waals surface area contributed by atoms with Crippen molar-refractivity contribution in [1.82, 2.24) is 14.9 Å². The van der Waals surface area contributed by atoms with Crippen molar-refractivity contribution in [1.29, 1.82) is 0 Å². The van der Waals surface area contributed by atoms with E-state index >= 15 is 0 Å². The minimum absolute atomic E-state index is 0.0767. The predicted octanol–water partition coefficient (Wildman–Crippen LogP) is 3.10. The average molecular weight is 603 g/mol. The Hall–Kier alpha value is -3.15. The number of rotatable bonds is 9. The minimum atomic E-state index is -3.97. The van der Waals surface area contributed by atoms with Crippen molar-refractivity contribution >= 4 is 27.5 Å². The number of nitrogens with one attached hydrogen (secondary N) is 2. The molecular weight excluding hydrogens is 556 g/mol. The monoisotopic (exact) mass is 602 g/mol. The number of anilines is 1. The molecule has 2 aliphatic heterocycles. The Kier molecular flexibility index (Phi) is 12.2. The van der Waals surface area contributed by atoms with Crippen LogP contribution in [0.3, 0.4) is 0 Å². The van der Waals surface area contributed by atoms with Gasteiger partial charge in [-0.1, -0.05) is 39.8 Å². The summed E-state index contributed by atoms with van der Waals surface area (Å²) < 4.78 is 34.4. The van der Waals surface area contributed by atoms with Crippen molar-refractivity contribution in [2.75, 3.05) is 25.4 Å². The quantitative estimate of drug-likeness (QED) is 0.322. The maximum Gasteiger partial charge on any atom is 0.243 e. The van der Waals surface area contributed by atoms with Crippen LogP contribution in [0.1, 0.15) is 58.9 Å². The van der Waals surface area contributed by atoms with E-state index < -0.39 is 34.1 Å². The summed E-state index contributed by atoms with van der Waals surface area (Å²) in [4.78, 5) is 26.2. The van der Waals surface area contributed by atoms with Gasteiger partial charge < -0.3 is 26.2 Å². The first-order valence-corrected chi connectivity index (χ1v) is 16.2. The molecule has 2 aromatic rings. The molecule has 2 aliphatic rings. The van der Waals surface area contributed by atoms with Crippen LogP contribution >= 0.6 is 0 Å². The predicted molar refractivity (Wildman–Crippen MR) is 163 cm³/mol. The van der Waals surface area contributed by atoms with Gasteiger partial charge in [-0.3, -0.25) is 9.59 Å². The number of carbonyl (C=O) groups is 2. The molecule has 42 heavy (non-hydrogen) atoms. The Morgan fingerprint density at radius 1 is 1.00 bits per heavy atom. The molecule has 0 saturated carbocycles. The van der Waals surface area contributed by atoms with Crippen molar-refractivity contribution in [3.05, 3.63) is 54.1 Å². The van der Waals surface area contributed by atoms with Crippen LogP contribution in [0.4, 0.5) is 5.69 Å². The van der Waals surface area contributed by atoms with Crippen LogP contribution in [0.25, 0.3) is 0 Å². The molecule has 2 amide bonds. The molecule has 2 aromatic carbocycles. The lowest BCUT2D eigenvalue weighted by molar-refractivity contribution is -0.131. The molecule has 5 N–H and O–H groups in total. The van der Waals surface area contributed by atoms with Crippen LogP contribution in [0, 0.1) is 11.8 Å². The zero-order valence-corrected chi connectivity index (χ0v) is 25.9. The molecule has 4 rings (SSSR count). The normalized spacial score (nSPS) is 19.9. The number of carbonyl (C=O) groups excluding carboxylic acids is 2. The molecule has 11 heteroatoms. The summed E-state index contributed by atoms with van der Waals surface area (Å²) in [5.41, 5.74) is 7.05. The Bertz CT molecular complexity index is 1270. The number of hydrogen-bond donors (Lipinski definition) is 4. The molecular formula is C31H46N4O6S. The molecule has 0 aliphatic carbocycles. The molecule has 0 radical (unpaired) electrons. The number of aliphatic hydroxyl groups is 1. The second-order valence-corrected chi connectivity index (χ2v) is 13.7. The molecule has 0 spiro atoms. The topological polar surface area (TPSA) is 151 Å². The lowest BCUT2D eigenvalue weighted by atomic mass is 9.98. The maximum atomic E-state index is 13.7. The van der Waals surface area contributed by atoms with Gasteiger partial charge in [0, 0.05) is 25.2 Å². The highest BCUT2D eigenvalue weighted by molar-refractivity contribution is 7.89. The number of ether oxygens (including phenoxy) is 1. The second kappa shape index (κ2) is 15.4. The molecule has 232 valence electrons. The van der Waals surface area contributed by atoms with Gasteiger partial charge in [-0.05, 0) is 79.5 Å². The van der Waals surface area contributed by atoms with Gasteiger partial charge in [0.1, 0.15) is 11.8 Å². The zero-order valence-electron chi connectivity index (χ0n) is 25.1. The summed E-state index contributed by atoms with van der Waals surface area (Å²) in [6.07, 6.45) is 1.16. The molecule has 2 heterocycles. The lowest BCUT2D eigenvalue weighted by Gasteiger charge is -2.32. The summed E-state index contributed by atoms with van der Waals surface area (Å²) in [6, 6.07) is 11.7. The largest absolute Gasteiger partial charge is 0.494 e. The van der Waals surface area contributed by atoms with Crippen LogP contribution < -0.4 is 21.1 Å². The number of sulfonamides is 1. The smallest absolute Gasteiger partial charge is 0.243 e. The lowest BCUT2D eigenvalue weighted by Crippen LogP contribution is -2.56. The van der Waals surface area contributed by atoms with Crippen LogP contribution in [-0.4, -0.2) is 67.5 Å². The van der Waals surface area contributed by atoms with Crippen molar-refractivity contribution in [3.8, 4) is 5.75 Å². The third-order valence-corrected chi connectivity index (χ3v) is 9.25. The van der Waals surface area contributed by atoms with Gasteiger partial charge in [0.15, 0.2) is 0 Å². The van der Waals surface area contributed by atoms with Crippen molar-refractivity contribution in [2.24, 2.45) is 11.8 Å². The summed E-state index contributed by atoms with van der Waals surface area (Å²) >= 11 is 0. The fourth-order valence-electron chi connectivity index (χ4n) is 4.73. The van der Waals surface area contributed by atoms with Crippen LogP contribution in [0.15, 0.2) is 53.4 Å². The fourth-order valence-corrected chi connectivity index (χ4v) is 6.20. The Morgan fingerprint density at radius 3 is 2.29 bits per heavy atom. The number of benzene rings is 2. The molecule has 2 bridgehead atoms. The molecule has 0 aromatic heterocycles. The first-order valence-electron chi connectivity index (χ1n) is 14.7. The number of aliphatic hydroxyl groups excluding tert-OH is 1. The SMILES string of the molecule is CC(C)CCN(C[C@@H](O)[C@@H]1Cc2ccc(cc2)OCCCCC(=O)N[C@@H](C(C)C)C(=O)N1)S(=O)(=O)c1ccc(N)cc1. The number of nitrogen functional groups attached to an aromatic ring is 1. The molecule has 0 saturated heterocycles. The Labute approximate surface area is 250 Å². The van der Waals surface area contributed by atoms with E-state index in [2.05, 4.69) is 10.6 Å². The first kappa shape index (κ1) is 33.4. The van der Waals surface area contributed by atoms with Gasteiger partial charge in [0.25, 0.3) is 0 Å². The standard InChI is InChI=1S/C31H46N4O6S/c1-21(2)16-17-35(42(39,40)26-14-10-24(32)11-15-26)20-28(36)27-19-23-8-12-25(13-9-23)41-18-6-5-7-29(37)34-30(22(3)4)31(38)33-27/h8-15,21-22,27-28,30,36H,5-7,16-20,32H2,1-4H3,(H,33,38)(H,34,37)/t27-,28+,30-/m0/s1. The number of amides is 2. The van der Waals surface area contributed by atoms with Gasteiger partial charge >= 0.3 is 0 Å². The van der Waals surface area contributed by atoms with E-state index in [1.807, 2.05) is 52.0 Å². The van der Waals surface area contributed by atoms with Crippen LogP contribution in [0.2, 0.25) is 0 Å².